The fraction of sp³-hybridized carbons (Fsp3) is 0.615. The Morgan fingerprint density at radius 1 is 1.39 bits per heavy atom. The molecular weight excluding hydrogens is 255 g/mol. The Morgan fingerprint density at radius 2 is 2.11 bits per heavy atom. The van der Waals surface area contributed by atoms with Crippen molar-refractivity contribution in [3.8, 4) is 5.75 Å². The van der Waals surface area contributed by atoms with Crippen molar-refractivity contribution in [2.45, 2.75) is 31.6 Å². The second-order valence-electron chi connectivity index (χ2n) is 4.69. The second-order valence-corrected chi connectivity index (χ2v) is 4.69. The number of hydrogen-bond acceptors (Lipinski definition) is 4. The fourth-order valence-corrected chi connectivity index (χ4v) is 1.89. The maximum atomic E-state index is 5.93. The van der Waals surface area contributed by atoms with Crippen LogP contribution in [-0.2, 0) is 11.3 Å². The van der Waals surface area contributed by atoms with E-state index in [0.717, 1.165) is 30.8 Å². The van der Waals surface area contributed by atoms with Crippen LogP contribution in [0, 0.1) is 6.20 Å². The van der Waals surface area contributed by atoms with Crippen molar-refractivity contribution in [1.82, 2.24) is 9.88 Å². The summed E-state index contributed by atoms with van der Waals surface area (Å²) in [4.78, 5) is 6.32. The number of pyridine rings is 1. The van der Waals surface area contributed by atoms with Gasteiger partial charge in [0.15, 0.2) is 0 Å². The van der Waals surface area contributed by atoms with Gasteiger partial charge in [0.05, 0.1) is 6.10 Å². The largest absolute Gasteiger partial charge is 1.00 e. The third kappa shape index (κ3) is 4.56. The second kappa shape index (κ2) is 7.94. The molecule has 0 radical (unpaired) electrons. The van der Waals surface area contributed by atoms with Crippen molar-refractivity contribution in [3.63, 3.8) is 0 Å². The maximum absolute atomic E-state index is 5.93. The molecule has 1 aliphatic carbocycles. The average Bonchev–Trinajstić information content (AvgIpc) is 2.24. The van der Waals surface area contributed by atoms with Crippen LogP contribution in [0.1, 0.15) is 18.5 Å². The van der Waals surface area contributed by atoms with Crippen molar-refractivity contribution in [1.29, 1.82) is 0 Å². The van der Waals surface area contributed by atoms with Crippen molar-refractivity contribution in [3.05, 3.63) is 24.0 Å². The van der Waals surface area contributed by atoms with E-state index < -0.39 is 0 Å². The Morgan fingerprint density at radius 3 is 2.72 bits per heavy atom. The molecule has 0 bridgehead atoms. The number of hydrogen-bond donors (Lipinski definition) is 0. The zero-order chi connectivity index (χ0) is 12.3. The topological polar surface area (TPSA) is 34.6 Å². The molecule has 5 heteroatoms. The maximum Gasteiger partial charge on any atom is 1.00 e. The Kier molecular flexibility index (Phi) is 7.31. The van der Waals surface area contributed by atoms with E-state index in [1.807, 2.05) is 20.2 Å². The van der Waals surface area contributed by atoms with E-state index in [1.54, 1.807) is 13.2 Å². The molecule has 1 aromatic rings. The molecule has 0 atom stereocenters. The molecule has 0 spiro atoms. The van der Waals surface area contributed by atoms with Gasteiger partial charge in [-0.2, -0.15) is 6.07 Å². The van der Waals surface area contributed by atoms with Gasteiger partial charge in [0, 0.05) is 25.7 Å². The fourth-order valence-electron chi connectivity index (χ4n) is 1.89. The zero-order valence-corrected chi connectivity index (χ0v) is 14.8. The van der Waals surface area contributed by atoms with E-state index in [0.29, 0.717) is 6.10 Å². The minimum Gasteiger partial charge on any atom is -0.514 e. The van der Waals surface area contributed by atoms with Crippen molar-refractivity contribution >= 4 is 0 Å². The van der Waals surface area contributed by atoms with Crippen LogP contribution in [0.2, 0.25) is 0 Å². The summed E-state index contributed by atoms with van der Waals surface area (Å²) in [6.07, 6.45) is 5.42. The molecule has 0 saturated heterocycles. The van der Waals surface area contributed by atoms with Crippen LogP contribution in [0.5, 0.6) is 5.75 Å². The monoisotopic (exact) mass is 274 g/mol. The van der Waals surface area contributed by atoms with E-state index in [1.165, 1.54) is 0 Å². The van der Waals surface area contributed by atoms with Gasteiger partial charge in [0.2, 0.25) is 0 Å². The van der Waals surface area contributed by atoms with Gasteiger partial charge >= 0.3 is 51.4 Å². The molecule has 0 amide bonds. The standard InChI is InChI=1S/C13H19N2O2.K/c1-15(2)9-12-13(5-4-6-14-12)17-11-7-10(8-11)16-3;/h4-5,10-11H,7-9H2,1-3H3;/q-1;+1. The molecule has 18 heavy (non-hydrogen) atoms. The van der Waals surface area contributed by atoms with Crippen LogP contribution in [0.15, 0.2) is 12.1 Å². The normalized spacial score (nSPS) is 22.2. The van der Waals surface area contributed by atoms with E-state index in [9.17, 15) is 0 Å². The molecule has 1 heterocycles. The molecule has 94 valence electrons. The molecule has 0 aromatic carbocycles. The van der Waals surface area contributed by atoms with Crippen LogP contribution in [0.25, 0.3) is 0 Å². The first-order valence-corrected chi connectivity index (χ1v) is 5.89. The van der Waals surface area contributed by atoms with Crippen molar-refractivity contribution in [2.24, 2.45) is 0 Å². The van der Waals surface area contributed by atoms with Crippen LogP contribution in [0.4, 0.5) is 0 Å². The molecule has 0 aliphatic heterocycles. The summed E-state index contributed by atoms with van der Waals surface area (Å²) in [5.74, 6) is 0.872. The smallest absolute Gasteiger partial charge is 0.514 e. The van der Waals surface area contributed by atoms with Crippen LogP contribution in [-0.4, -0.2) is 43.3 Å². The van der Waals surface area contributed by atoms with Crippen LogP contribution < -0.4 is 56.1 Å². The van der Waals surface area contributed by atoms with Crippen molar-refractivity contribution < 1.29 is 60.9 Å². The average molecular weight is 274 g/mol. The summed E-state index contributed by atoms with van der Waals surface area (Å²) < 4.78 is 11.2. The van der Waals surface area contributed by atoms with Gasteiger partial charge in [-0.1, -0.05) is 6.20 Å². The Labute approximate surface area is 151 Å². The molecule has 1 fully saturated rings. The summed E-state index contributed by atoms with van der Waals surface area (Å²) >= 11 is 0. The minimum atomic E-state index is 0. The molecule has 0 unspecified atom stereocenters. The molecular formula is C13H19KN2O2. The molecule has 2 rings (SSSR count). The summed E-state index contributed by atoms with van der Waals surface area (Å²) in [6, 6.07) is 3.73. The first-order chi connectivity index (χ1) is 8.19. The van der Waals surface area contributed by atoms with Gasteiger partial charge in [-0.15, -0.1) is 6.07 Å². The van der Waals surface area contributed by atoms with Gasteiger partial charge < -0.3 is 19.4 Å². The van der Waals surface area contributed by atoms with Gasteiger partial charge in [-0.25, -0.2) is 0 Å². The molecule has 0 N–H and O–H groups in total. The van der Waals surface area contributed by atoms with Crippen molar-refractivity contribution in [2.75, 3.05) is 21.2 Å². The predicted octanol–water partition coefficient (Wildman–Crippen LogP) is -1.50. The Hall–Kier alpha value is 0.506. The molecule has 1 aliphatic rings. The number of methoxy groups -OCH3 is 1. The quantitative estimate of drug-likeness (QED) is 0.484. The summed E-state index contributed by atoms with van der Waals surface area (Å²) in [5.41, 5.74) is 0.943. The first-order valence-electron chi connectivity index (χ1n) is 5.89. The van der Waals surface area contributed by atoms with E-state index in [-0.39, 0.29) is 57.5 Å². The summed E-state index contributed by atoms with van der Waals surface area (Å²) in [7, 11) is 5.78. The van der Waals surface area contributed by atoms with Gasteiger partial charge in [0.1, 0.15) is 6.10 Å². The molecule has 4 nitrogen and oxygen atoms in total. The zero-order valence-electron chi connectivity index (χ0n) is 11.6. The van der Waals surface area contributed by atoms with E-state index in [2.05, 4.69) is 16.1 Å². The van der Waals surface area contributed by atoms with Gasteiger partial charge in [-0.05, 0) is 26.3 Å². The number of nitrogens with zero attached hydrogens (tertiary/aromatic N) is 2. The van der Waals surface area contributed by atoms with Crippen LogP contribution >= 0.6 is 0 Å². The summed E-state index contributed by atoms with van der Waals surface area (Å²) in [6.45, 7) is 0.771. The molecule has 1 saturated carbocycles. The van der Waals surface area contributed by atoms with E-state index in [4.69, 9.17) is 9.47 Å². The van der Waals surface area contributed by atoms with Gasteiger partial charge in [0.25, 0.3) is 0 Å². The predicted molar refractivity (Wildman–Crippen MR) is 64.9 cm³/mol. The number of ether oxygens (including phenoxy) is 2. The minimum absolute atomic E-state index is 0. The summed E-state index contributed by atoms with van der Waals surface area (Å²) in [5, 5.41) is 0. The van der Waals surface area contributed by atoms with Crippen LogP contribution in [0.3, 0.4) is 0 Å². The SMILES string of the molecule is COC1CC(Oc2cc[c-]nc2CN(C)C)C1.[K+]. The number of rotatable bonds is 5. The first kappa shape index (κ1) is 16.6. The van der Waals surface area contributed by atoms with Gasteiger partial charge in [-0.3, -0.25) is 0 Å². The molecule has 1 aromatic heterocycles. The number of aromatic nitrogens is 1. The third-order valence-corrected chi connectivity index (χ3v) is 2.94. The Bertz CT molecular complexity index is 368. The van der Waals surface area contributed by atoms with E-state index >= 15 is 0 Å². The third-order valence-electron chi connectivity index (χ3n) is 2.94. The Balaban J connectivity index is 0.00000162.